The van der Waals surface area contributed by atoms with Crippen molar-refractivity contribution in [3.8, 4) is 0 Å². The molecule has 0 spiro atoms. The van der Waals surface area contributed by atoms with Crippen LogP contribution < -0.4 is 5.32 Å². The van der Waals surface area contributed by atoms with Crippen LogP contribution in [0.15, 0.2) is 12.2 Å². The van der Waals surface area contributed by atoms with E-state index in [0.717, 1.165) is 6.42 Å². The second-order valence-electron chi connectivity index (χ2n) is 2.16. The Morgan fingerprint density at radius 3 is 1.85 bits per heavy atom. The number of hydrogen-bond donors (Lipinski definition) is 2. The highest BCUT2D eigenvalue weighted by Gasteiger charge is 1.99. The van der Waals surface area contributed by atoms with Gasteiger partial charge in [0.1, 0.15) is 0 Å². The van der Waals surface area contributed by atoms with Crippen molar-refractivity contribution < 1.29 is 9.90 Å². The molecule has 0 aliphatic rings. The van der Waals surface area contributed by atoms with Gasteiger partial charge >= 0.3 is 5.97 Å². The molecule has 0 fully saturated rings. The minimum absolute atomic E-state index is 0.299. The van der Waals surface area contributed by atoms with Crippen LogP contribution in [-0.2, 0) is 4.79 Å². The van der Waals surface area contributed by atoms with Crippen LogP contribution in [-0.4, -0.2) is 31.6 Å². The SMILES string of the molecule is C=C(CCC)C(=O)O.CCl.CNC. The summed E-state index contributed by atoms with van der Waals surface area (Å²) in [6, 6.07) is 0. The first-order valence-corrected chi connectivity index (χ1v) is 4.73. The molecule has 3 nitrogen and oxygen atoms in total. The fourth-order valence-electron chi connectivity index (χ4n) is 0.409. The van der Waals surface area contributed by atoms with Crippen molar-refractivity contribution in [3.63, 3.8) is 0 Å². The fourth-order valence-corrected chi connectivity index (χ4v) is 0.409. The summed E-state index contributed by atoms with van der Waals surface area (Å²) in [6.07, 6.45) is 2.92. The lowest BCUT2D eigenvalue weighted by Gasteiger charge is -1.92. The first-order valence-electron chi connectivity index (χ1n) is 3.97. The van der Waals surface area contributed by atoms with E-state index in [0.29, 0.717) is 12.0 Å². The molecule has 0 amide bonds. The summed E-state index contributed by atoms with van der Waals surface area (Å²) >= 11 is 4.64. The van der Waals surface area contributed by atoms with Crippen LogP contribution in [0.3, 0.4) is 0 Å². The molecule has 0 atom stereocenters. The molecule has 80 valence electrons. The zero-order valence-electron chi connectivity index (χ0n) is 8.85. The van der Waals surface area contributed by atoms with Gasteiger partial charge in [-0.2, -0.15) is 0 Å². The Kier molecular flexibility index (Phi) is 24.6. The molecular weight excluding hydrogens is 190 g/mol. The van der Waals surface area contributed by atoms with Crippen LogP contribution in [0.4, 0.5) is 0 Å². The molecule has 0 rings (SSSR count). The van der Waals surface area contributed by atoms with E-state index in [1.54, 1.807) is 0 Å². The van der Waals surface area contributed by atoms with Crippen molar-refractivity contribution in [2.75, 3.05) is 20.5 Å². The zero-order chi connectivity index (χ0) is 11.3. The fraction of sp³-hybridized carbons (Fsp3) is 0.667. The molecule has 0 radical (unpaired) electrons. The van der Waals surface area contributed by atoms with Crippen molar-refractivity contribution in [2.24, 2.45) is 0 Å². The van der Waals surface area contributed by atoms with Gasteiger partial charge in [-0.3, -0.25) is 0 Å². The number of carboxylic acid groups (broad SMARTS) is 1. The molecule has 2 N–H and O–H groups in total. The van der Waals surface area contributed by atoms with Gasteiger partial charge in [0.2, 0.25) is 0 Å². The summed E-state index contributed by atoms with van der Waals surface area (Å²) in [6.45, 7) is 5.27. The third kappa shape index (κ3) is 24.6. The third-order valence-electron chi connectivity index (χ3n) is 0.854. The molecule has 4 heteroatoms. The monoisotopic (exact) mass is 209 g/mol. The summed E-state index contributed by atoms with van der Waals surface area (Å²) in [4.78, 5) is 9.99. The van der Waals surface area contributed by atoms with E-state index in [-0.39, 0.29) is 0 Å². The van der Waals surface area contributed by atoms with Crippen LogP contribution in [0.1, 0.15) is 19.8 Å². The lowest BCUT2D eigenvalue weighted by Crippen LogP contribution is -1.97. The van der Waals surface area contributed by atoms with E-state index < -0.39 is 5.97 Å². The number of alkyl halides is 1. The molecule has 0 aliphatic carbocycles. The molecule has 0 aromatic rings. The van der Waals surface area contributed by atoms with Gasteiger partial charge in [0.05, 0.1) is 0 Å². The van der Waals surface area contributed by atoms with Crippen molar-refractivity contribution in [1.82, 2.24) is 5.32 Å². The minimum Gasteiger partial charge on any atom is -0.478 e. The van der Waals surface area contributed by atoms with Gasteiger partial charge in [-0.05, 0) is 20.5 Å². The predicted molar refractivity (Wildman–Crippen MR) is 58.4 cm³/mol. The molecule has 0 saturated carbocycles. The summed E-state index contributed by atoms with van der Waals surface area (Å²) in [5, 5.41) is 11.0. The Balaban J connectivity index is -0.000000169. The Morgan fingerprint density at radius 1 is 1.46 bits per heavy atom. The smallest absolute Gasteiger partial charge is 0.330 e. The van der Waals surface area contributed by atoms with E-state index in [4.69, 9.17) is 5.11 Å². The van der Waals surface area contributed by atoms with Crippen molar-refractivity contribution in [1.29, 1.82) is 0 Å². The molecule has 0 heterocycles. The van der Waals surface area contributed by atoms with Crippen LogP contribution >= 0.6 is 11.6 Å². The first-order chi connectivity index (χ1) is 6.09. The van der Waals surface area contributed by atoms with Crippen LogP contribution in [0.25, 0.3) is 0 Å². The number of nitrogens with one attached hydrogen (secondary N) is 1. The first kappa shape index (κ1) is 18.3. The lowest BCUT2D eigenvalue weighted by atomic mass is 10.2. The topological polar surface area (TPSA) is 49.3 Å². The number of carboxylic acids is 1. The normalized spacial score (nSPS) is 7.15. The molecule has 0 aromatic heterocycles. The van der Waals surface area contributed by atoms with Gasteiger partial charge in [0.25, 0.3) is 0 Å². The largest absolute Gasteiger partial charge is 0.478 e. The third-order valence-corrected chi connectivity index (χ3v) is 0.854. The Hall–Kier alpha value is -0.540. The Morgan fingerprint density at radius 2 is 1.77 bits per heavy atom. The number of hydrogen-bond acceptors (Lipinski definition) is 2. The molecule has 0 bridgehead atoms. The van der Waals surface area contributed by atoms with Crippen LogP contribution in [0.5, 0.6) is 0 Å². The molecule has 13 heavy (non-hydrogen) atoms. The second-order valence-corrected chi connectivity index (χ2v) is 2.16. The molecule has 0 unspecified atom stereocenters. The highest BCUT2D eigenvalue weighted by atomic mass is 35.5. The summed E-state index contributed by atoms with van der Waals surface area (Å²) < 4.78 is 0. The Labute approximate surface area is 85.8 Å². The average molecular weight is 210 g/mol. The lowest BCUT2D eigenvalue weighted by molar-refractivity contribution is -0.132. The predicted octanol–water partition coefficient (Wildman–Crippen LogP) is 2.12. The van der Waals surface area contributed by atoms with Gasteiger partial charge in [-0.1, -0.05) is 19.9 Å². The maximum absolute atomic E-state index is 9.99. The Bertz CT molecular complexity index is 127. The minimum atomic E-state index is -0.883. The molecular formula is C9H20ClNO2. The van der Waals surface area contributed by atoms with E-state index in [1.807, 2.05) is 21.0 Å². The molecule has 0 aliphatic heterocycles. The summed E-state index contributed by atoms with van der Waals surface area (Å²) in [5.41, 5.74) is 0.299. The highest BCUT2D eigenvalue weighted by molar-refractivity contribution is 6.15. The molecule has 0 aromatic carbocycles. The van der Waals surface area contributed by atoms with Crippen LogP contribution in [0.2, 0.25) is 0 Å². The van der Waals surface area contributed by atoms with Gasteiger partial charge in [-0.25, -0.2) is 4.79 Å². The summed E-state index contributed by atoms with van der Waals surface area (Å²) in [5.74, 6) is -0.883. The van der Waals surface area contributed by atoms with Crippen molar-refractivity contribution >= 4 is 17.6 Å². The van der Waals surface area contributed by atoms with Crippen molar-refractivity contribution in [3.05, 3.63) is 12.2 Å². The average Bonchev–Trinajstić information content (AvgIpc) is 2.10. The van der Waals surface area contributed by atoms with Gasteiger partial charge < -0.3 is 10.4 Å². The number of rotatable bonds is 3. The van der Waals surface area contributed by atoms with Gasteiger partial charge in [-0.15, -0.1) is 11.6 Å². The van der Waals surface area contributed by atoms with Gasteiger partial charge in [0.15, 0.2) is 0 Å². The highest BCUT2D eigenvalue weighted by Crippen LogP contribution is 1.99. The quantitative estimate of drug-likeness (QED) is 0.553. The zero-order valence-corrected chi connectivity index (χ0v) is 9.61. The molecule has 0 saturated heterocycles. The van der Waals surface area contributed by atoms with Gasteiger partial charge in [0, 0.05) is 12.0 Å². The number of halogens is 1. The maximum Gasteiger partial charge on any atom is 0.330 e. The van der Waals surface area contributed by atoms with E-state index in [9.17, 15) is 4.79 Å². The van der Waals surface area contributed by atoms with E-state index >= 15 is 0 Å². The maximum atomic E-state index is 9.99. The number of aliphatic carboxylic acids is 1. The van der Waals surface area contributed by atoms with E-state index in [1.165, 1.54) is 6.38 Å². The standard InChI is InChI=1S/C6H10O2.C2H7N.CH3Cl/c1-3-4-5(2)6(7)8;1-3-2;1-2/h2-4H2,1H3,(H,7,8);3H,1-2H3;1H3. The van der Waals surface area contributed by atoms with E-state index in [2.05, 4.69) is 23.5 Å². The van der Waals surface area contributed by atoms with Crippen LogP contribution in [0, 0.1) is 0 Å². The second kappa shape index (κ2) is 17.5. The number of carbonyl (C=O) groups is 1. The summed E-state index contributed by atoms with van der Waals surface area (Å²) in [7, 11) is 3.75. The van der Waals surface area contributed by atoms with Crippen molar-refractivity contribution in [2.45, 2.75) is 19.8 Å².